The lowest BCUT2D eigenvalue weighted by Gasteiger charge is -2.30. The number of benzene rings is 1. The molecule has 1 aliphatic rings. The summed E-state index contributed by atoms with van der Waals surface area (Å²) in [5.74, 6) is 0.366. The van der Waals surface area contributed by atoms with Gasteiger partial charge in [0.1, 0.15) is 0 Å². The molecule has 0 saturated carbocycles. The van der Waals surface area contributed by atoms with Crippen molar-refractivity contribution in [2.45, 2.75) is 50.3 Å². The molecule has 1 fully saturated rings. The Morgan fingerprint density at radius 1 is 1.25 bits per heavy atom. The Balaban J connectivity index is 2.03. The van der Waals surface area contributed by atoms with Gasteiger partial charge in [-0.25, -0.2) is 8.42 Å². The first-order valence-corrected chi connectivity index (χ1v) is 9.34. The van der Waals surface area contributed by atoms with Crippen LogP contribution in [0.2, 0.25) is 0 Å². The second-order valence-corrected chi connectivity index (χ2v) is 7.93. The molecular formula is C16H25NO2S. The lowest BCUT2D eigenvalue weighted by molar-refractivity contribution is 0.424. The van der Waals surface area contributed by atoms with Crippen molar-refractivity contribution in [3.63, 3.8) is 0 Å². The molecule has 112 valence electrons. The number of nitrogens with one attached hydrogen (secondary N) is 1. The van der Waals surface area contributed by atoms with Gasteiger partial charge in [-0.3, -0.25) is 0 Å². The molecule has 0 radical (unpaired) electrons. The summed E-state index contributed by atoms with van der Waals surface area (Å²) < 4.78 is 24.5. The Kier molecular flexibility index (Phi) is 5.61. The third-order valence-corrected chi connectivity index (χ3v) is 6.48. The largest absolute Gasteiger partial charge is 0.313 e. The number of rotatable bonds is 6. The van der Waals surface area contributed by atoms with Gasteiger partial charge in [0, 0.05) is 6.04 Å². The zero-order valence-electron chi connectivity index (χ0n) is 12.2. The number of aryl methyl sites for hydroxylation is 1. The molecule has 1 aromatic rings. The van der Waals surface area contributed by atoms with Gasteiger partial charge >= 0.3 is 0 Å². The highest BCUT2D eigenvalue weighted by Crippen LogP contribution is 2.24. The van der Waals surface area contributed by atoms with E-state index in [2.05, 4.69) is 17.4 Å². The van der Waals surface area contributed by atoms with Crippen LogP contribution in [0.15, 0.2) is 30.3 Å². The van der Waals surface area contributed by atoms with Crippen molar-refractivity contribution < 1.29 is 8.42 Å². The normalized spacial score (nSPS) is 23.4. The predicted molar refractivity (Wildman–Crippen MR) is 83.7 cm³/mol. The minimum Gasteiger partial charge on any atom is -0.313 e. The first kappa shape index (κ1) is 15.5. The van der Waals surface area contributed by atoms with Gasteiger partial charge < -0.3 is 5.32 Å². The van der Waals surface area contributed by atoms with Crippen molar-refractivity contribution >= 4 is 9.84 Å². The Morgan fingerprint density at radius 3 is 2.65 bits per heavy atom. The summed E-state index contributed by atoms with van der Waals surface area (Å²) in [7, 11) is -2.91. The topological polar surface area (TPSA) is 46.2 Å². The predicted octanol–water partition coefficient (Wildman–Crippen LogP) is 2.56. The SMILES string of the molecule is CCNC(CCc1ccccc1)C1CCCCS1(=O)=O. The molecule has 2 unspecified atom stereocenters. The molecule has 0 amide bonds. The van der Waals surface area contributed by atoms with E-state index in [9.17, 15) is 8.42 Å². The molecule has 0 aliphatic carbocycles. The lowest BCUT2D eigenvalue weighted by Crippen LogP contribution is -2.46. The van der Waals surface area contributed by atoms with E-state index in [1.807, 2.05) is 25.1 Å². The van der Waals surface area contributed by atoms with E-state index >= 15 is 0 Å². The van der Waals surface area contributed by atoms with Gasteiger partial charge in [-0.2, -0.15) is 0 Å². The van der Waals surface area contributed by atoms with Gasteiger partial charge in [0.25, 0.3) is 0 Å². The maximum Gasteiger partial charge on any atom is 0.154 e. The number of hydrogen-bond acceptors (Lipinski definition) is 3. The monoisotopic (exact) mass is 295 g/mol. The highest BCUT2D eigenvalue weighted by molar-refractivity contribution is 7.92. The molecule has 1 aromatic carbocycles. The molecule has 3 nitrogen and oxygen atoms in total. The molecule has 2 atom stereocenters. The number of sulfone groups is 1. The molecule has 1 heterocycles. The van der Waals surface area contributed by atoms with Crippen LogP contribution in [-0.2, 0) is 16.3 Å². The van der Waals surface area contributed by atoms with E-state index in [1.165, 1.54) is 5.56 Å². The molecule has 0 bridgehead atoms. The second-order valence-electron chi connectivity index (χ2n) is 5.59. The van der Waals surface area contributed by atoms with Crippen LogP contribution in [0.3, 0.4) is 0 Å². The van der Waals surface area contributed by atoms with Gasteiger partial charge in [-0.1, -0.05) is 43.7 Å². The average Bonchev–Trinajstić information content (AvgIpc) is 2.44. The van der Waals surface area contributed by atoms with Crippen LogP contribution >= 0.6 is 0 Å². The molecule has 20 heavy (non-hydrogen) atoms. The van der Waals surface area contributed by atoms with Crippen LogP contribution in [0, 0.1) is 0 Å². The minimum atomic E-state index is -2.91. The van der Waals surface area contributed by atoms with E-state index in [1.54, 1.807) is 0 Å². The Bertz CT molecular complexity index is 498. The van der Waals surface area contributed by atoms with Crippen molar-refractivity contribution in [2.24, 2.45) is 0 Å². The summed E-state index contributed by atoms with van der Waals surface area (Å²) in [6, 6.07) is 10.4. The van der Waals surface area contributed by atoms with Crippen LogP contribution < -0.4 is 5.32 Å². The van der Waals surface area contributed by atoms with Crippen LogP contribution in [-0.4, -0.2) is 32.0 Å². The van der Waals surface area contributed by atoms with Crippen LogP contribution in [0.5, 0.6) is 0 Å². The van der Waals surface area contributed by atoms with Crippen molar-refractivity contribution in [1.82, 2.24) is 5.32 Å². The summed E-state index contributed by atoms with van der Waals surface area (Å²) in [6.45, 7) is 2.87. The third kappa shape index (κ3) is 4.06. The van der Waals surface area contributed by atoms with Gasteiger partial charge in [-0.15, -0.1) is 0 Å². The zero-order chi connectivity index (χ0) is 14.4. The smallest absolute Gasteiger partial charge is 0.154 e. The molecule has 2 rings (SSSR count). The fraction of sp³-hybridized carbons (Fsp3) is 0.625. The van der Waals surface area contributed by atoms with E-state index in [0.717, 1.165) is 38.6 Å². The van der Waals surface area contributed by atoms with Gasteiger partial charge in [0.15, 0.2) is 9.84 Å². The van der Waals surface area contributed by atoms with Crippen LogP contribution in [0.1, 0.15) is 38.2 Å². The molecule has 4 heteroatoms. The van der Waals surface area contributed by atoms with E-state index < -0.39 is 9.84 Å². The fourth-order valence-corrected chi connectivity index (χ4v) is 5.25. The van der Waals surface area contributed by atoms with Crippen molar-refractivity contribution in [2.75, 3.05) is 12.3 Å². The van der Waals surface area contributed by atoms with E-state index in [4.69, 9.17) is 0 Å². The Morgan fingerprint density at radius 2 is 2.00 bits per heavy atom. The summed E-state index contributed by atoms with van der Waals surface area (Å²) in [5.41, 5.74) is 1.28. The van der Waals surface area contributed by atoms with Crippen molar-refractivity contribution in [1.29, 1.82) is 0 Å². The molecule has 1 aliphatic heterocycles. The molecule has 0 spiro atoms. The molecule has 1 N–H and O–H groups in total. The lowest BCUT2D eigenvalue weighted by atomic mass is 9.99. The summed E-state index contributed by atoms with van der Waals surface area (Å²) in [4.78, 5) is 0. The fourth-order valence-electron chi connectivity index (χ4n) is 3.08. The van der Waals surface area contributed by atoms with Gasteiger partial charge in [0.2, 0.25) is 0 Å². The van der Waals surface area contributed by atoms with Gasteiger partial charge in [0.05, 0.1) is 11.0 Å². The highest BCUT2D eigenvalue weighted by Gasteiger charge is 2.34. The summed E-state index contributed by atoms with van der Waals surface area (Å²) >= 11 is 0. The molecular weight excluding hydrogens is 270 g/mol. The van der Waals surface area contributed by atoms with Crippen molar-refractivity contribution in [3.8, 4) is 0 Å². The van der Waals surface area contributed by atoms with Crippen LogP contribution in [0.4, 0.5) is 0 Å². The average molecular weight is 295 g/mol. The quantitative estimate of drug-likeness (QED) is 0.877. The maximum atomic E-state index is 12.3. The van der Waals surface area contributed by atoms with E-state index in [-0.39, 0.29) is 11.3 Å². The first-order valence-electron chi connectivity index (χ1n) is 7.62. The first-order chi connectivity index (χ1) is 9.63. The standard InChI is InChI=1S/C16H25NO2S/c1-2-17-15(12-11-14-8-4-3-5-9-14)16-10-6-7-13-20(16,18)19/h3-5,8-9,15-17H,2,6-7,10-13H2,1H3. The minimum absolute atomic E-state index is 0.0884. The van der Waals surface area contributed by atoms with Gasteiger partial charge in [-0.05, 0) is 37.8 Å². The van der Waals surface area contributed by atoms with Crippen molar-refractivity contribution in [3.05, 3.63) is 35.9 Å². The number of hydrogen-bond donors (Lipinski definition) is 1. The van der Waals surface area contributed by atoms with E-state index in [0.29, 0.717) is 5.75 Å². The Labute approximate surface area is 122 Å². The summed E-state index contributed by atoms with van der Waals surface area (Å²) in [5, 5.41) is 3.20. The zero-order valence-corrected chi connectivity index (χ0v) is 13.0. The molecule has 0 aromatic heterocycles. The maximum absolute atomic E-state index is 12.3. The van der Waals surface area contributed by atoms with Crippen LogP contribution in [0.25, 0.3) is 0 Å². The molecule has 1 saturated heterocycles. The Hall–Kier alpha value is -0.870. The second kappa shape index (κ2) is 7.23. The third-order valence-electron chi connectivity index (χ3n) is 4.13. The highest BCUT2D eigenvalue weighted by atomic mass is 32.2. The summed E-state index contributed by atoms with van der Waals surface area (Å²) in [6.07, 6.45) is 4.51.